The monoisotopic (exact) mass is 312 g/mol. The van der Waals surface area contributed by atoms with Crippen molar-refractivity contribution in [2.75, 3.05) is 18.0 Å². The minimum atomic E-state index is -0.329. The molecule has 1 heterocycles. The number of esters is 1. The van der Waals surface area contributed by atoms with E-state index in [-0.39, 0.29) is 12.6 Å². The fourth-order valence-electron chi connectivity index (χ4n) is 2.63. The molecule has 0 aliphatic rings. The van der Waals surface area contributed by atoms with Gasteiger partial charge in [0.2, 0.25) is 0 Å². The van der Waals surface area contributed by atoms with Crippen LogP contribution in [0.1, 0.15) is 41.2 Å². The Morgan fingerprint density at radius 2 is 1.78 bits per heavy atom. The molecule has 122 valence electrons. The lowest BCUT2D eigenvalue weighted by atomic mass is 10.1. The molecule has 0 aliphatic heterocycles. The van der Waals surface area contributed by atoms with Crippen LogP contribution in [0.2, 0.25) is 0 Å². The van der Waals surface area contributed by atoms with Gasteiger partial charge in [-0.2, -0.15) is 0 Å². The average Bonchev–Trinajstić information content (AvgIpc) is 2.55. The fraction of sp³-hybridized carbons (Fsp3) is 0.368. The van der Waals surface area contributed by atoms with Gasteiger partial charge >= 0.3 is 5.97 Å². The molecule has 4 heteroatoms. The molecule has 0 radical (unpaired) electrons. The zero-order chi connectivity index (χ0) is 16.8. The number of ether oxygens (including phenoxy) is 1. The van der Waals surface area contributed by atoms with Gasteiger partial charge in [0.05, 0.1) is 11.3 Å². The molecule has 0 fully saturated rings. The Bertz CT molecular complexity index is 679. The van der Waals surface area contributed by atoms with Gasteiger partial charge in [0.25, 0.3) is 0 Å². The number of carbonyl (C=O) groups excluding carboxylic acids is 1. The van der Waals surface area contributed by atoms with Crippen molar-refractivity contribution in [3.63, 3.8) is 0 Å². The van der Waals surface area contributed by atoms with Gasteiger partial charge in [-0.3, -0.25) is 4.98 Å². The predicted molar refractivity (Wildman–Crippen MR) is 92.8 cm³/mol. The maximum Gasteiger partial charge on any atom is 0.340 e. The van der Waals surface area contributed by atoms with Crippen LogP contribution in [0.3, 0.4) is 0 Å². The summed E-state index contributed by atoms with van der Waals surface area (Å²) in [5.74, 6) is -0.329. The highest BCUT2D eigenvalue weighted by molar-refractivity contribution is 5.90. The number of benzene rings is 1. The average molecular weight is 312 g/mol. The Hall–Kier alpha value is -2.36. The molecule has 0 saturated carbocycles. The number of hydrogen-bond acceptors (Lipinski definition) is 4. The van der Waals surface area contributed by atoms with Crippen LogP contribution < -0.4 is 4.90 Å². The predicted octanol–water partition coefficient (Wildman–Crippen LogP) is 3.90. The van der Waals surface area contributed by atoms with E-state index in [1.807, 2.05) is 38.1 Å². The molecule has 0 unspecified atom stereocenters. The van der Waals surface area contributed by atoms with Gasteiger partial charge in [0.15, 0.2) is 0 Å². The molecule has 2 aromatic rings. The van der Waals surface area contributed by atoms with Gasteiger partial charge in [-0.25, -0.2) is 4.79 Å². The van der Waals surface area contributed by atoms with Crippen molar-refractivity contribution in [2.24, 2.45) is 0 Å². The quantitative estimate of drug-likeness (QED) is 0.759. The third-order valence-electron chi connectivity index (χ3n) is 3.90. The molecular weight excluding hydrogens is 288 g/mol. The Labute approximate surface area is 138 Å². The number of nitrogens with zero attached hydrogens (tertiary/aromatic N) is 2. The highest BCUT2D eigenvalue weighted by atomic mass is 16.5. The number of anilines is 1. The van der Waals surface area contributed by atoms with E-state index in [0.29, 0.717) is 11.3 Å². The number of aromatic nitrogens is 1. The maximum absolute atomic E-state index is 12.3. The lowest BCUT2D eigenvalue weighted by Gasteiger charge is -2.24. The molecule has 1 aromatic heterocycles. The van der Waals surface area contributed by atoms with Crippen molar-refractivity contribution in [3.05, 3.63) is 58.9 Å². The van der Waals surface area contributed by atoms with Crippen molar-refractivity contribution in [2.45, 2.75) is 34.3 Å². The number of hydrogen-bond donors (Lipinski definition) is 0. The van der Waals surface area contributed by atoms with E-state index in [0.717, 1.165) is 30.0 Å². The molecule has 0 spiro atoms. The zero-order valence-electron chi connectivity index (χ0n) is 14.3. The summed E-state index contributed by atoms with van der Waals surface area (Å²) in [6.07, 6.45) is 0. The third kappa shape index (κ3) is 4.09. The molecule has 0 bridgehead atoms. The fourth-order valence-corrected chi connectivity index (χ4v) is 2.63. The van der Waals surface area contributed by atoms with E-state index in [1.54, 1.807) is 6.07 Å². The number of para-hydroxylation sites is 1. The van der Waals surface area contributed by atoms with Crippen LogP contribution in [0.5, 0.6) is 0 Å². The first kappa shape index (κ1) is 17.0. The molecule has 0 saturated heterocycles. The van der Waals surface area contributed by atoms with Crippen LogP contribution in [0.4, 0.5) is 5.69 Å². The van der Waals surface area contributed by atoms with Gasteiger partial charge in [-0.1, -0.05) is 18.2 Å². The molecule has 0 N–H and O–H groups in total. The van der Waals surface area contributed by atoms with Crippen LogP contribution in [0, 0.1) is 13.8 Å². The number of rotatable bonds is 6. The van der Waals surface area contributed by atoms with Crippen LogP contribution in [0.25, 0.3) is 0 Å². The van der Waals surface area contributed by atoms with Crippen LogP contribution in [0.15, 0.2) is 36.4 Å². The first-order chi connectivity index (χ1) is 11.1. The van der Waals surface area contributed by atoms with Crippen LogP contribution >= 0.6 is 0 Å². The van der Waals surface area contributed by atoms with Gasteiger partial charge in [-0.15, -0.1) is 0 Å². The normalized spacial score (nSPS) is 10.4. The zero-order valence-corrected chi connectivity index (χ0v) is 14.3. The van der Waals surface area contributed by atoms with E-state index in [1.165, 1.54) is 0 Å². The van der Waals surface area contributed by atoms with E-state index in [2.05, 4.69) is 29.8 Å². The summed E-state index contributed by atoms with van der Waals surface area (Å²) in [6, 6.07) is 11.6. The van der Waals surface area contributed by atoms with Crippen molar-refractivity contribution in [1.82, 2.24) is 4.98 Å². The molecule has 0 atom stereocenters. The summed E-state index contributed by atoms with van der Waals surface area (Å²) in [6.45, 7) is 10.1. The summed E-state index contributed by atoms with van der Waals surface area (Å²) < 4.78 is 5.51. The van der Waals surface area contributed by atoms with Crippen LogP contribution in [-0.2, 0) is 11.3 Å². The number of carbonyl (C=O) groups is 1. The highest BCUT2D eigenvalue weighted by Crippen LogP contribution is 2.21. The lowest BCUT2D eigenvalue weighted by Crippen LogP contribution is -2.23. The molecule has 1 aromatic carbocycles. The SMILES string of the molecule is CCN(CC)c1ccccc1COC(=O)c1ccc(C)nc1C. The summed E-state index contributed by atoms with van der Waals surface area (Å²) >= 11 is 0. The number of aryl methyl sites for hydroxylation is 2. The Morgan fingerprint density at radius 3 is 2.43 bits per heavy atom. The van der Waals surface area contributed by atoms with Gasteiger partial charge < -0.3 is 9.64 Å². The van der Waals surface area contributed by atoms with E-state index >= 15 is 0 Å². The topological polar surface area (TPSA) is 42.4 Å². The molecule has 0 aliphatic carbocycles. The minimum Gasteiger partial charge on any atom is -0.457 e. The lowest BCUT2D eigenvalue weighted by molar-refractivity contribution is 0.0472. The van der Waals surface area contributed by atoms with E-state index in [4.69, 9.17) is 4.74 Å². The minimum absolute atomic E-state index is 0.263. The Morgan fingerprint density at radius 1 is 1.09 bits per heavy atom. The molecule has 0 amide bonds. The standard InChI is InChI=1S/C19H24N2O2/c1-5-21(6-2)18-10-8-7-9-16(18)13-23-19(22)17-12-11-14(3)20-15(17)4/h7-12H,5-6,13H2,1-4H3. The van der Waals surface area contributed by atoms with Crippen LogP contribution in [-0.4, -0.2) is 24.0 Å². The highest BCUT2D eigenvalue weighted by Gasteiger charge is 2.14. The summed E-state index contributed by atoms with van der Waals surface area (Å²) in [5, 5.41) is 0. The van der Waals surface area contributed by atoms with Crippen molar-refractivity contribution in [3.8, 4) is 0 Å². The van der Waals surface area contributed by atoms with Crippen molar-refractivity contribution in [1.29, 1.82) is 0 Å². The first-order valence-corrected chi connectivity index (χ1v) is 8.01. The van der Waals surface area contributed by atoms with Gasteiger partial charge in [0, 0.05) is 30.0 Å². The Kier molecular flexibility index (Phi) is 5.74. The first-order valence-electron chi connectivity index (χ1n) is 8.01. The number of pyridine rings is 1. The van der Waals surface area contributed by atoms with Crippen molar-refractivity contribution >= 4 is 11.7 Å². The van der Waals surface area contributed by atoms with E-state index in [9.17, 15) is 4.79 Å². The van der Waals surface area contributed by atoms with Crippen molar-refractivity contribution < 1.29 is 9.53 Å². The third-order valence-corrected chi connectivity index (χ3v) is 3.90. The molecule has 23 heavy (non-hydrogen) atoms. The summed E-state index contributed by atoms with van der Waals surface area (Å²) in [4.78, 5) is 18.9. The van der Waals surface area contributed by atoms with E-state index < -0.39 is 0 Å². The molecular formula is C19H24N2O2. The maximum atomic E-state index is 12.3. The second-order valence-electron chi connectivity index (χ2n) is 5.46. The summed E-state index contributed by atoms with van der Waals surface area (Å²) in [5.41, 5.74) is 4.25. The van der Waals surface area contributed by atoms with Gasteiger partial charge in [0.1, 0.15) is 6.61 Å². The molecule has 4 nitrogen and oxygen atoms in total. The largest absolute Gasteiger partial charge is 0.457 e. The second-order valence-corrected chi connectivity index (χ2v) is 5.46. The van der Waals surface area contributed by atoms with Gasteiger partial charge in [-0.05, 0) is 45.9 Å². The second kappa shape index (κ2) is 7.77. The summed E-state index contributed by atoms with van der Waals surface area (Å²) in [7, 11) is 0. The smallest absolute Gasteiger partial charge is 0.340 e. The Balaban J connectivity index is 2.13. The molecule has 2 rings (SSSR count).